The summed E-state index contributed by atoms with van der Waals surface area (Å²) in [6.07, 6.45) is 0. The molecule has 0 unspecified atom stereocenters. The Morgan fingerprint density at radius 3 is 1.69 bits per heavy atom. The molecule has 10 rings (SSSR count). The van der Waals surface area contributed by atoms with Gasteiger partial charge in [-0.15, -0.1) is 0 Å². The Morgan fingerprint density at radius 1 is 0.388 bits per heavy atom. The molecule has 10 aromatic rings. The average Bonchev–Trinajstić information content (AvgIpc) is 3.63. The SMILES string of the molecule is [2H]c1c([2H])c([2H])c(-c2c([2H])c(-c3ccccc3)c([2H])c(-c3c4ccccc4c(-c4cccc5oc6c7ccccc7ccc6c45)c4ccccc34)c2[2H])c([2H])c1[2H]. The number of fused-ring (bicyclic) bond motifs is 7. The van der Waals surface area contributed by atoms with Gasteiger partial charge < -0.3 is 4.42 Å². The van der Waals surface area contributed by atoms with Gasteiger partial charge in [0, 0.05) is 16.2 Å². The van der Waals surface area contributed by atoms with Gasteiger partial charge in [0.25, 0.3) is 0 Å². The van der Waals surface area contributed by atoms with Gasteiger partial charge in [-0.2, -0.15) is 0 Å². The van der Waals surface area contributed by atoms with Gasteiger partial charge in [0.1, 0.15) is 11.2 Å². The minimum atomic E-state index is -0.561. The molecule has 0 bridgehead atoms. The van der Waals surface area contributed by atoms with E-state index in [1.165, 1.54) is 0 Å². The van der Waals surface area contributed by atoms with E-state index in [-0.39, 0.29) is 40.4 Å². The summed E-state index contributed by atoms with van der Waals surface area (Å²) in [7, 11) is 0. The third-order valence-electron chi connectivity index (χ3n) is 9.40. The van der Waals surface area contributed by atoms with E-state index in [2.05, 4.69) is 30.3 Å². The summed E-state index contributed by atoms with van der Waals surface area (Å²) in [5.74, 6) is 0. The van der Waals surface area contributed by atoms with Crippen LogP contribution in [-0.4, -0.2) is 0 Å². The lowest BCUT2D eigenvalue weighted by molar-refractivity contribution is 0.673. The number of benzene rings is 9. The second-order valence-corrected chi connectivity index (χ2v) is 12.2. The number of rotatable bonds is 4. The maximum atomic E-state index is 9.87. The second kappa shape index (κ2) is 11.1. The molecule has 0 atom stereocenters. The van der Waals surface area contributed by atoms with E-state index in [1.54, 1.807) is 24.3 Å². The van der Waals surface area contributed by atoms with E-state index in [0.29, 0.717) is 11.1 Å². The monoisotopic (exact) mass is 630 g/mol. The first kappa shape index (κ1) is 20.7. The van der Waals surface area contributed by atoms with Gasteiger partial charge in [-0.05, 0) is 102 Å². The van der Waals surface area contributed by atoms with Crippen LogP contribution in [-0.2, 0) is 0 Å². The van der Waals surface area contributed by atoms with Crippen molar-refractivity contribution < 1.29 is 15.4 Å². The first-order valence-electron chi connectivity index (χ1n) is 20.2. The van der Waals surface area contributed by atoms with Crippen LogP contribution >= 0.6 is 0 Å². The molecule has 0 radical (unpaired) electrons. The summed E-state index contributed by atoms with van der Waals surface area (Å²) in [5, 5.41) is 7.31. The Morgan fingerprint density at radius 2 is 0.980 bits per heavy atom. The predicted molar refractivity (Wildman–Crippen MR) is 208 cm³/mol. The molecule has 1 aromatic heterocycles. The lowest BCUT2D eigenvalue weighted by atomic mass is 9.83. The van der Waals surface area contributed by atoms with Gasteiger partial charge in [0.05, 0.1) is 11.0 Å². The van der Waals surface area contributed by atoms with Crippen molar-refractivity contribution in [3.8, 4) is 44.5 Å². The molecular formula is C48H30O. The first-order valence-corrected chi connectivity index (χ1v) is 16.2. The number of hydrogen-bond acceptors (Lipinski definition) is 1. The smallest absolute Gasteiger partial charge is 0.143 e. The van der Waals surface area contributed by atoms with Crippen LogP contribution in [0.1, 0.15) is 11.0 Å². The van der Waals surface area contributed by atoms with Gasteiger partial charge in [-0.1, -0.05) is 152 Å². The van der Waals surface area contributed by atoms with Crippen LogP contribution in [0.15, 0.2) is 186 Å². The van der Waals surface area contributed by atoms with Crippen molar-refractivity contribution in [2.75, 3.05) is 0 Å². The Balaban J connectivity index is 1.37. The third kappa shape index (κ3) is 4.40. The van der Waals surface area contributed by atoms with Crippen LogP contribution in [0.4, 0.5) is 0 Å². The summed E-state index contributed by atoms with van der Waals surface area (Å²) >= 11 is 0. The zero-order chi connectivity index (χ0) is 39.3. The fraction of sp³-hybridized carbons (Fsp3) is 0. The fourth-order valence-electron chi connectivity index (χ4n) is 7.29. The molecule has 0 amide bonds. The van der Waals surface area contributed by atoms with Crippen LogP contribution in [0, 0.1) is 0 Å². The van der Waals surface area contributed by atoms with Crippen LogP contribution < -0.4 is 0 Å². The van der Waals surface area contributed by atoms with E-state index in [0.717, 1.165) is 65.4 Å². The topological polar surface area (TPSA) is 13.1 Å². The van der Waals surface area contributed by atoms with Crippen LogP contribution in [0.2, 0.25) is 0 Å². The summed E-state index contributed by atoms with van der Waals surface area (Å²) in [6, 6.07) is 40.0. The maximum Gasteiger partial charge on any atom is 0.143 e. The van der Waals surface area contributed by atoms with Crippen molar-refractivity contribution in [2.45, 2.75) is 0 Å². The van der Waals surface area contributed by atoms with Gasteiger partial charge in [0.2, 0.25) is 0 Å². The summed E-state index contributed by atoms with van der Waals surface area (Å²) in [4.78, 5) is 0. The first-order chi connectivity index (χ1) is 27.7. The van der Waals surface area contributed by atoms with Gasteiger partial charge in [-0.3, -0.25) is 0 Å². The van der Waals surface area contributed by atoms with Gasteiger partial charge >= 0.3 is 0 Å². The van der Waals surface area contributed by atoms with Crippen molar-refractivity contribution in [1.29, 1.82) is 0 Å². The maximum absolute atomic E-state index is 9.87. The molecular weight excluding hydrogens is 593 g/mol. The average molecular weight is 631 g/mol. The fourth-order valence-corrected chi connectivity index (χ4v) is 7.29. The van der Waals surface area contributed by atoms with E-state index >= 15 is 0 Å². The standard InChI is InChI=1S/C48H30O/c1-3-14-31(15-4-1)34-28-35(32-16-5-2-6-17-32)30-36(29-34)45-38-20-9-11-22-40(38)46(41-23-12-10-21-39(41)45)42-24-13-25-44-47(42)43-27-26-33-18-7-8-19-37(33)48(43)49-44/h1-30H/i1D,3D,4D,14D,15D,28D,29D,30D. The Hall–Kier alpha value is -6.44. The highest BCUT2D eigenvalue weighted by atomic mass is 16.3. The minimum absolute atomic E-state index is 0.0646. The van der Waals surface area contributed by atoms with Crippen LogP contribution in [0.3, 0.4) is 0 Å². The minimum Gasteiger partial charge on any atom is -0.455 e. The molecule has 9 aromatic carbocycles. The summed E-state index contributed by atoms with van der Waals surface area (Å²) in [5.41, 5.74) is 4.62. The van der Waals surface area contributed by atoms with Gasteiger partial charge in [0.15, 0.2) is 0 Å². The quantitative estimate of drug-likeness (QED) is 0.176. The van der Waals surface area contributed by atoms with Crippen molar-refractivity contribution >= 4 is 54.3 Å². The largest absolute Gasteiger partial charge is 0.455 e. The third-order valence-corrected chi connectivity index (χ3v) is 9.40. The molecule has 0 aliphatic carbocycles. The molecule has 0 fully saturated rings. The molecule has 1 heteroatoms. The Kier molecular flexibility index (Phi) is 4.69. The summed E-state index contributed by atoms with van der Waals surface area (Å²) in [6.45, 7) is 0. The van der Waals surface area contributed by atoms with Crippen molar-refractivity contribution in [3.05, 3.63) is 182 Å². The molecule has 49 heavy (non-hydrogen) atoms. The summed E-state index contributed by atoms with van der Waals surface area (Å²) < 4.78 is 78.9. The second-order valence-electron chi connectivity index (χ2n) is 12.2. The lowest BCUT2D eigenvalue weighted by Gasteiger charge is -2.19. The van der Waals surface area contributed by atoms with E-state index < -0.39 is 30.2 Å². The number of hydrogen-bond donors (Lipinski definition) is 0. The molecule has 0 spiro atoms. The van der Waals surface area contributed by atoms with Crippen molar-refractivity contribution in [2.24, 2.45) is 0 Å². The van der Waals surface area contributed by atoms with E-state index in [1.807, 2.05) is 78.9 Å². The molecule has 0 aliphatic rings. The van der Waals surface area contributed by atoms with Gasteiger partial charge in [-0.25, -0.2) is 0 Å². The normalized spacial score (nSPS) is 14.0. The van der Waals surface area contributed by atoms with Crippen molar-refractivity contribution in [3.63, 3.8) is 0 Å². The predicted octanol–water partition coefficient (Wildman–Crippen LogP) is 13.7. The lowest BCUT2D eigenvalue weighted by Crippen LogP contribution is -1.92. The van der Waals surface area contributed by atoms with E-state index in [9.17, 15) is 4.11 Å². The molecule has 0 aliphatic heterocycles. The molecule has 228 valence electrons. The molecule has 0 saturated heterocycles. The molecule has 0 N–H and O–H groups in total. The molecule has 1 heterocycles. The van der Waals surface area contributed by atoms with E-state index in [4.69, 9.17) is 11.3 Å². The van der Waals surface area contributed by atoms with Crippen molar-refractivity contribution in [1.82, 2.24) is 0 Å². The van der Waals surface area contributed by atoms with Crippen LogP contribution in [0.5, 0.6) is 0 Å². The Bertz CT molecular complexity index is 3250. The zero-order valence-electron chi connectivity index (χ0n) is 34.1. The number of furan rings is 1. The molecule has 0 saturated carbocycles. The highest BCUT2D eigenvalue weighted by Crippen LogP contribution is 2.48. The highest BCUT2D eigenvalue weighted by Gasteiger charge is 2.21. The highest BCUT2D eigenvalue weighted by molar-refractivity contribution is 6.27. The zero-order valence-corrected chi connectivity index (χ0v) is 26.1. The Labute approximate surface area is 295 Å². The van der Waals surface area contributed by atoms with Crippen LogP contribution in [0.25, 0.3) is 98.8 Å². The molecule has 1 nitrogen and oxygen atoms in total.